The van der Waals surface area contributed by atoms with Crippen molar-refractivity contribution in [1.29, 1.82) is 0 Å². The minimum atomic E-state index is -0.369. The molecule has 1 aromatic heterocycles. The van der Waals surface area contributed by atoms with E-state index in [4.69, 9.17) is 27.9 Å². The number of hydrogen-bond acceptors (Lipinski definition) is 5. The molecule has 1 atom stereocenters. The zero-order valence-corrected chi connectivity index (χ0v) is 14.3. The largest absolute Gasteiger partial charge is 0.376 e. The number of rotatable bonds is 5. The molecule has 1 amide bonds. The molecule has 0 aliphatic carbocycles. The molecule has 2 aromatic rings. The van der Waals surface area contributed by atoms with Gasteiger partial charge in [-0.3, -0.25) is 4.79 Å². The van der Waals surface area contributed by atoms with Crippen LogP contribution in [-0.4, -0.2) is 35.1 Å². The summed E-state index contributed by atoms with van der Waals surface area (Å²) < 4.78 is 5.53. The monoisotopic (exact) mass is 366 g/mol. The van der Waals surface area contributed by atoms with Crippen LogP contribution in [0.15, 0.2) is 30.6 Å². The third kappa shape index (κ3) is 4.35. The lowest BCUT2D eigenvalue weighted by molar-refractivity contribution is 0.102. The Hall–Kier alpha value is -1.89. The summed E-state index contributed by atoms with van der Waals surface area (Å²) in [5, 5.41) is 6.65. The van der Waals surface area contributed by atoms with Gasteiger partial charge in [0.1, 0.15) is 11.5 Å². The van der Waals surface area contributed by atoms with Crippen molar-refractivity contribution < 1.29 is 9.53 Å². The highest BCUT2D eigenvalue weighted by Crippen LogP contribution is 2.25. The molecule has 6 nitrogen and oxygen atoms in total. The number of aromatic nitrogens is 2. The van der Waals surface area contributed by atoms with Crippen molar-refractivity contribution in [2.45, 2.75) is 18.9 Å². The SMILES string of the molecule is O=C(Nc1ccc(Cl)c(Cl)c1)c1cnc(NCC2CCCO2)cn1. The maximum absolute atomic E-state index is 12.2. The van der Waals surface area contributed by atoms with Crippen molar-refractivity contribution in [2.24, 2.45) is 0 Å². The van der Waals surface area contributed by atoms with Crippen molar-refractivity contribution >= 4 is 40.6 Å². The van der Waals surface area contributed by atoms with Gasteiger partial charge in [-0.1, -0.05) is 23.2 Å². The van der Waals surface area contributed by atoms with E-state index in [2.05, 4.69) is 20.6 Å². The van der Waals surface area contributed by atoms with Gasteiger partial charge in [-0.2, -0.15) is 0 Å². The summed E-state index contributed by atoms with van der Waals surface area (Å²) in [6.07, 6.45) is 5.30. The maximum Gasteiger partial charge on any atom is 0.275 e. The van der Waals surface area contributed by atoms with Gasteiger partial charge in [-0.15, -0.1) is 0 Å². The topological polar surface area (TPSA) is 76.1 Å². The molecule has 0 saturated carbocycles. The summed E-state index contributed by atoms with van der Waals surface area (Å²) >= 11 is 11.8. The molecule has 1 saturated heterocycles. The number of amides is 1. The third-order valence-corrected chi connectivity index (χ3v) is 4.34. The van der Waals surface area contributed by atoms with E-state index in [1.165, 1.54) is 12.4 Å². The first kappa shape index (κ1) is 17.0. The predicted molar refractivity (Wildman–Crippen MR) is 93.9 cm³/mol. The average molecular weight is 367 g/mol. The average Bonchev–Trinajstić information content (AvgIpc) is 3.10. The molecule has 1 fully saturated rings. The van der Waals surface area contributed by atoms with Crippen LogP contribution < -0.4 is 10.6 Å². The van der Waals surface area contributed by atoms with E-state index >= 15 is 0 Å². The number of halogens is 2. The van der Waals surface area contributed by atoms with Gasteiger partial charge >= 0.3 is 0 Å². The molecule has 8 heteroatoms. The summed E-state index contributed by atoms with van der Waals surface area (Å²) in [4.78, 5) is 20.5. The Kier molecular flexibility index (Phi) is 5.50. The highest BCUT2D eigenvalue weighted by molar-refractivity contribution is 6.42. The molecule has 1 aromatic carbocycles. The number of carbonyl (C=O) groups excluding carboxylic acids is 1. The molecule has 24 heavy (non-hydrogen) atoms. The molecular formula is C16H16Cl2N4O2. The fraction of sp³-hybridized carbons (Fsp3) is 0.312. The number of nitrogens with one attached hydrogen (secondary N) is 2. The Morgan fingerprint density at radius 1 is 1.25 bits per heavy atom. The van der Waals surface area contributed by atoms with Crippen molar-refractivity contribution in [3.63, 3.8) is 0 Å². The quantitative estimate of drug-likeness (QED) is 0.844. The predicted octanol–water partition coefficient (Wildman–Crippen LogP) is 3.63. The van der Waals surface area contributed by atoms with Gasteiger partial charge in [0.2, 0.25) is 0 Å². The van der Waals surface area contributed by atoms with E-state index in [1.54, 1.807) is 18.2 Å². The van der Waals surface area contributed by atoms with Crippen LogP contribution in [0.4, 0.5) is 11.5 Å². The molecule has 1 unspecified atom stereocenters. The number of hydrogen-bond donors (Lipinski definition) is 2. The van der Waals surface area contributed by atoms with Gasteiger partial charge in [0.15, 0.2) is 0 Å². The molecule has 0 bridgehead atoms. The van der Waals surface area contributed by atoms with Crippen LogP contribution in [0.1, 0.15) is 23.3 Å². The third-order valence-electron chi connectivity index (χ3n) is 3.60. The normalized spacial score (nSPS) is 16.8. The zero-order valence-electron chi connectivity index (χ0n) is 12.8. The maximum atomic E-state index is 12.2. The smallest absolute Gasteiger partial charge is 0.275 e. The lowest BCUT2D eigenvalue weighted by Gasteiger charge is -2.11. The molecule has 1 aliphatic rings. The Labute approximate surface area is 149 Å². The van der Waals surface area contributed by atoms with Crippen molar-refractivity contribution in [3.05, 3.63) is 46.3 Å². The number of nitrogens with zero attached hydrogens (tertiary/aromatic N) is 2. The molecule has 1 aliphatic heterocycles. The van der Waals surface area contributed by atoms with Gasteiger partial charge in [0.05, 0.1) is 28.5 Å². The summed E-state index contributed by atoms with van der Waals surface area (Å²) in [6.45, 7) is 1.50. The Morgan fingerprint density at radius 2 is 2.12 bits per heavy atom. The highest BCUT2D eigenvalue weighted by atomic mass is 35.5. The van der Waals surface area contributed by atoms with Gasteiger partial charge in [-0.25, -0.2) is 9.97 Å². The van der Waals surface area contributed by atoms with Gasteiger partial charge < -0.3 is 15.4 Å². The number of benzene rings is 1. The van der Waals surface area contributed by atoms with Crippen LogP contribution >= 0.6 is 23.2 Å². The van der Waals surface area contributed by atoms with Gasteiger partial charge in [0.25, 0.3) is 5.91 Å². The first-order valence-corrected chi connectivity index (χ1v) is 8.31. The van der Waals surface area contributed by atoms with Gasteiger partial charge in [0, 0.05) is 18.8 Å². The molecule has 2 heterocycles. The minimum Gasteiger partial charge on any atom is -0.376 e. The summed E-state index contributed by atoms with van der Waals surface area (Å²) in [6, 6.07) is 4.85. The number of ether oxygens (including phenoxy) is 1. The molecular weight excluding hydrogens is 351 g/mol. The summed E-state index contributed by atoms with van der Waals surface area (Å²) in [5.74, 6) is 0.239. The summed E-state index contributed by atoms with van der Waals surface area (Å²) in [5.41, 5.74) is 0.750. The molecule has 0 spiro atoms. The van der Waals surface area contributed by atoms with E-state index in [1.807, 2.05) is 0 Å². The summed E-state index contributed by atoms with van der Waals surface area (Å²) in [7, 11) is 0. The number of carbonyl (C=O) groups is 1. The molecule has 126 valence electrons. The Bertz CT molecular complexity index is 719. The van der Waals surface area contributed by atoms with Crippen molar-refractivity contribution in [2.75, 3.05) is 23.8 Å². The molecule has 0 radical (unpaired) electrons. The fourth-order valence-corrected chi connectivity index (χ4v) is 2.63. The van der Waals surface area contributed by atoms with E-state index in [9.17, 15) is 4.79 Å². The van der Waals surface area contributed by atoms with Gasteiger partial charge in [-0.05, 0) is 31.0 Å². The van der Waals surface area contributed by atoms with E-state index in [-0.39, 0.29) is 17.7 Å². The lowest BCUT2D eigenvalue weighted by Crippen LogP contribution is -2.19. The Balaban J connectivity index is 1.57. The van der Waals surface area contributed by atoms with Crippen LogP contribution in [-0.2, 0) is 4.74 Å². The number of anilines is 2. The minimum absolute atomic E-state index is 0.212. The second-order valence-electron chi connectivity index (χ2n) is 5.39. The van der Waals surface area contributed by atoms with Crippen LogP contribution in [0.3, 0.4) is 0 Å². The molecule has 2 N–H and O–H groups in total. The van der Waals surface area contributed by atoms with E-state index in [0.717, 1.165) is 19.4 Å². The second kappa shape index (κ2) is 7.79. The molecule has 3 rings (SSSR count). The first-order chi connectivity index (χ1) is 11.6. The van der Waals surface area contributed by atoms with Crippen LogP contribution in [0, 0.1) is 0 Å². The zero-order chi connectivity index (χ0) is 16.9. The Morgan fingerprint density at radius 3 is 2.79 bits per heavy atom. The van der Waals surface area contributed by atoms with E-state index in [0.29, 0.717) is 28.1 Å². The lowest BCUT2D eigenvalue weighted by atomic mass is 10.2. The fourth-order valence-electron chi connectivity index (χ4n) is 2.33. The standard InChI is InChI=1S/C16H16Cl2N4O2/c17-12-4-3-10(6-13(12)18)22-16(23)14-8-21-15(9-19-14)20-7-11-2-1-5-24-11/h3-4,6,8-9,11H,1-2,5,7H2,(H,20,21)(H,22,23). The first-order valence-electron chi connectivity index (χ1n) is 7.56. The highest BCUT2D eigenvalue weighted by Gasteiger charge is 2.15. The van der Waals surface area contributed by atoms with Crippen molar-refractivity contribution in [1.82, 2.24) is 9.97 Å². The van der Waals surface area contributed by atoms with Crippen LogP contribution in [0.2, 0.25) is 10.0 Å². The second-order valence-corrected chi connectivity index (χ2v) is 6.20. The van der Waals surface area contributed by atoms with Crippen molar-refractivity contribution in [3.8, 4) is 0 Å². The van der Waals surface area contributed by atoms with Crippen LogP contribution in [0.5, 0.6) is 0 Å². The van der Waals surface area contributed by atoms with E-state index < -0.39 is 0 Å². The van der Waals surface area contributed by atoms with Crippen LogP contribution in [0.25, 0.3) is 0 Å².